The van der Waals surface area contributed by atoms with Crippen LogP contribution in [0.3, 0.4) is 0 Å². The molecule has 1 unspecified atom stereocenters. The van der Waals surface area contributed by atoms with Crippen LogP contribution in [0.5, 0.6) is 0 Å². The number of ether oxygens (including phenoxy) is 3. The van der Waals surface area contributed by atoms with Crippen LogP contribution in [0.15, 0.2) is 36.4 Å². The van der Waals surface area contributed by atoms with Gasteiger partial charge in [-0.05, 0) is 54.4 Å². The molecule has 0 amide bonds. The van der Waals surface area contributed by atoms with Crippen molar-refractivity contribution in [1.82, 2.24) is 0 Å². The van der Waals surface area contributed by atoms with Crippen LogP contribution in [0, 0.1) is 33.5 Å². The largest absolute Gasteiger partial charge is 0.459 e. The normalized spacial score (nSPS) is 27.9. The van der Waals surface area contributed by atoms with Crippen molar-refractivity contribution in [3.8, 4) is 0 Å². The van der Waals surface area contributed by atoms with Crippen LogP contribution in [-0.2, 0) is 23.8 Å². The van der Waals surface area contributed by atoms with E-state index in [1.807, 2.05) is 12.1 Å². The highest BCUT2D eigenvalue weighted by Gasteiger charge is 2.55. The maximum absolute atomic E-state index is 13.6. The van der Waals surface area contributed by atoms with E-state index in [4.69, 9.17) is 14.2 Å². The summed E-state index contributed by atoms with van der Waals surface area (Å²) in [6.45, 7) is 23.9. The highest BCUT2D eigenvalue weighted by molar-refractivity contribution is 5.93. The Kier molecular flexibility index (Phi) is 10.1. The van der Waals surface area contributed by atoms with E-state index in [1.54, 1.807) is 12.1 Å². The van der Waals surface area contributed by atoms with Crippen LogP contribution in [0.25, 0.3) is 0 Å². The minimum atomic E-state index is -0.650. The lowest BCUT2D eigenvalue weighted by Gasteiger charge is -2.40. The zero-order valence-electron chi connectivity index (χ0n) is 27.8. The second-order valence-electron chi connectivity index (χ2n) is 15.0. The van der Waals surface area contributed by atoms with Crippen molar-refractivity contribution < 1.29 is 28.6 Å². The van der Waals surface area contributed by atoms with Gasteiger partial charge in [0, 0.05) is 28.5 Å². The minimum Gasteiger partial charge on any atom is -0.459 e. The molecule has 6 heteroatoms. The third-order valence-corrected chi connectivity index (χ3v) is 12.0. The summed E-state index contributed by atoms with van der Waals surface area (Å²) in [6.07, 6.45) is 5.02. The maximum Gasteiger partial charge on any atom is 0.338 e. The second-order valence-corrected chi connectivity index (χ2v) is 15.0. The zero-order valence-corrected chi connectivity index (χ0v) is 27.8. The van der Waals surface area contributed by atoms with Crippen LogP contribution in [0.2, 0.25) is 0 Å². The molecule has 0 saturated heterocycles. The molecule has 0 N–H and O–H groups in total. The summed E-state index contributed by atoms with van der Waals surface area (Å²) >= 11 is 0. The third kappa shape index (κ3) is 6.48. The Morgan fingerprint density at radius 1 is 0.786 bits per heavy atom. The van der Waals surface area contributed by atoms with Crippen LogP contribution >= 0.6 is 0 Å². The van der Waals surface area contributed by atoms with E-state index in [2.05, 4.69) is 76.2 Å². The first-order valence-corrected chi connectivity index (χ1v) is 15.8. The lowest BCUT2D eigenvalue weighted by molar-refractivity contribution is -0.150. The highest BCUT2D eigenvalue weighted by Crippen LogP contribution is 2.57. The van der Waals surface area contributed by atoms with Gasteiger partial charge in [0.05, 0.1) is 5.56 Å². The first kappa shape index (κ1) is 33.9. The molecule has 0 spiro atoms. The van der Waals surface area contributed by atoms with Crippen LogP contribution in [0.1, 0.15) is 130 Å². The van der Waals surface area contributed by atoms with Gasteiger partial charge in [0.15, 0.2) is 0 Å². The summed E-state index contributed by atoms with van der Waals surface area (Å²) < 4.78 is 17.8. The van der Waals surface area contributed by atoms with E-state index in [1.165, 1.54) is 0 Å². The van der Waals surface area contributed by atoms with Crippen molar-refractivity contribution in [2.45, 2.75) is 127 Å². The number of rotatable bonds is 10. The van der Waals surface area contributed by atoms with Crippen molar-refractivity contribution in [3.05, 3.63) is 47.5 Å². The molecule has 2 aliphatic carbocycles. The number of carbonyl (C=O) groups is 3. The molecule has 3 rings (SSSR count). The Morgan fingerprint density at radius 2 is 1.29 bits per heavy atom. The molecule has 6 nitrogen and oxygen atoms in total. The van der Waals surface area contributed by atoms with E-state index < -0.39 is 24.0 Å². The van der Waals surface area contributed by atoms with Crippen molar-refractivity contribution in [2.75, 3.05) is 0 Å². The van der Waals surface area contributed by atoms with E-state index in [0.29, 0.717) is 29.4 Å². The fourth-order valence-corrected chi connectivity index (χ4v) is 6.63. The summed E-state index contributed by atoms with van der Waals surface area (Å²) in [5, 5.41) is 0. The molecular formula is C36H54O6. The van der Waals surface area contributed by atoms with Gasteiger partial charge in [-0.2, -0.15) is 0 Å². The van der Waals surface area contributed by atoms with E-state index in [0.717, 1.165) is 37.8 Å². The molecule has 0 aliphatic heterocycles. The summed E-state index contributed by atoms with van der Waals surface area (Å²) in [7, 11) is 0. The molecule has 0 aromatic heterocycles. The van der Waals surface area contributed by atoms with E-state index >= 15 is 0 Å². The Morgan fingerprint density at radius 3 is 1.79 bits per heavy atom. The molecule has 0 bridgehead atoms. The number of hydrogen-bond acceptors (Lipinski definition) is 6. The van der Waals surface area contributed by atoms with Gasteiger partial charge < -0.3 is 14.2 Å². The number of benzene rings is 1. The SMILES string of the molecule is CCCCC(OC(=O)/C=C/C(=O)O[C@@H]1C[C@H](C)C(C)(C)C1(C)C)c1ccccc1C(=O)O[C@@H]1C[C@H](C)C(C)(C)C1(C)C. The molecular weight excluding hydrogens is 528 g/mol. The average Bonchev–Trinajstić information content (AvgIpc) is 3.16. The van der Waals surface area contributed by atoms with Gasteiger partial charge in [-0.3, -0.25) is 0 Å². The molecule has 234 valence electrons. The van der Waals surface area contributed by atoms with Gasteiger partial charge in [-0.25, -0.2) is 14.4 Å². The lowest BCUT2D eigenvalue weighted by atomic mass is 9.67. The molecule has 2 aliphatic rings. The standard InChI is InChI=1S/C36H54O6/c1-12-13-18-27(40-30(37)19-20-31(38)41-28-21-23(2)33(4,5)35(28,8)9)25-16-14-15-17-26(25)32(39)42-29-22-24(3)34(6,7)36(29,10)11/h14-17,19-20,23-24,27-29H,12-13,18,21-22H2,1-11H3/b20-19+/t23-,24-,27?,28+,29+/m0/s1. The highest BCUT2D eigenvalue weighted by atomic mass is 16.6. The minimum absolute atomic E-state index is 0.0175. The van der Waals surface area contributed by atoms with Gasteiger partial charge in [0.2, 0.25) is 0 Å². The number of hydrogen-bond donors (Lipinski definition) is 0. The van der Waals surface area contributed by atoms with Crippen molar-refractivity contribution in [2.24, 2.45) is 33.5 Å². The smallest absolute Gasteiger partial charge is 0.338 e. The first-order valence-electron chi connectivity index (χ1n) is 15.8. The summed E-state index contributed by atoms with van der Waals surface area (Å²) in [5.74, 6) is -0.795. The van der Waals surface area contributed by atoms with Gasteiger partial charge >= 0.3 is 17.9 Å². The van der Waals surface area contributed by atoms with Crippen molar-refractivity contribution in [3.63, 3.8) is 0 Å². The number of unbranched alkanes of at least 4 members (excludes halogenated alkanes) is 1. The predicted molar refractivity (Wildman–Crippen MR) is 166 cm³/mol. The van der Waals surface area contributed by atoms with Gasteiger partial charge in [-0.15, -0.1) is 0 Å². The Bertz CT molecular complexity index is 1170. The fraction of sp³-hybridized carbons (Fsp3) is 0.694. The molecule has 2 fully saturated rings. The number of esters is 3. The molecule has 1 aromatic carbocycles. The monoisotopic (exact) mass is 582 g/mol. The zero-order chi connectivity index (χ0) is 31.7. The average molecular weight is 583 g/mol. The van der Waals surface area contributed by atoms with Gasteiger partial charge in [0.1, 0.15) is 18.3 Å². The van der Waals surface area contributed by atoms with Gasteiger partial charge in [0.25, 0.3) is 0 Å². The third-order valence-electron chi connectivity index (χ3n) is 12.0. The summed E-state index contributed by atoms with van der Waals surface area (Å²) in [4.78, 5) is 39.2. The van der Waals surface area contributed by atoms with Crippen LogP contribution in [-0.4, -0.2) is 30.1 Å². The molecule has 2 saturated carbocycles. The van der Waals surface area contributed by atoms with E-state index in [-0.39, 0.29) is 33.9 Å². The molecule has 42 heavy (non-hydrogen) atoms. The summed E-state index contributed by atoms with van der Waals surface area (Å²) in [6, 6.07) is 7.19. The lowest BCUT2D eigenvalue weighted by Crippen LogP contribution is -2.38. The Labute approximate surface area is 254 Å². The first-order chi connectivity index (χ1) is 19.4. The molecule has 0 heterocycles. The summed E-state index contributed by atoms with van der Waals surface area (Å²) in [5.41, 5.74) is 0.680. The predicted octanol–water partition coefficient (Wildman–Crippen LogP) is 8.64. The van der Waals surface area contributed by atoms with Crippen molar-refractivity contribution >= 4 is 17.9 Å². The Hall–Kier alpha value is -2.63. The van der Waals surface area contributed by atoms with Crippen molar-refractivity contribution in [1.29, 1.82) is 0 Å². The molecule has 0 radical (unpaired) electrons. The Balaban J connectivity index is 1.73. The van der Waals surface area contributed by atoms with Crippen LogP contribution in [0.4, 0.5) is 0 Å². The fourth-order valence-electron chi connectivity index (χ4n) is 6.63. The molecule has 1 aromatic rings. The van der Waals surface area contributed by atoms with Gasteiger partial charge in [-0.1, -0.05) is 101 Å². The topological polar surface area (TPSA) is 78.9 Å². The van der Waals surface area contributed by atoms with Crippen LogP contribution < -0.4 is 0 Å². The quantitative estimate of drug-likeness (QED) is 0.156. The number of carbonyl (C=O) groups excluding carboxylic acids is 3. The van der Waals surface area contributed by atoms with E-state index in [9.17, 15) is 14.4 Å². The second kappa shape index (κ2) is 12.5. The maximum atomic E-state index is 13.6. The molecule has 5 atom stereocenters.